The maximum absolute atomic E-state index is 11.4. The van der Waals surface area contributed by atoms with Crippen molar-refractivity contribution in [3.63, 3.8) is 0 Å². The van der Waals surface area contributed by atoms with Gasteiger partial charge in [-0.2, -0.15) is 0 Å². The van der Waals surface area contributed by atoms with Gasteiger partial charge in [0, 0.05) is 18.4 Å². The zero-order chi connectivity index (χ0) is 10.8. The van der Waals surface area contributed by atoms with E-state index in [0.29, 0.717) is 10.4 Å². The lowest BCUT2D eigenvalue weighted by atomic mass is 10.2. The van der Waals surface area contributed by atoms with Crippen molar-refractivity contribution in [2.24, 2.45) is 5.92 Å². The van der Waals surface area contributed by atoms with Gasteiger partial charge in [0.15, 0.2) is 0 Å². The standard InChI is InChI=1S/C9H11Br2N3O/c10-3-6-1-2-14(4-6)8-7(11)9(15)13-5-12-8/h5-6H,1-4H2,(H,12,13,15). The molecular weight excluding hydrogens is 326 g/mol. The fraction of sp³-hybridized carbons (Fsp3) is 0.556. The van der Waals surface area contributed by atoms with E-state index >= 15 is 0 Å². The van der Waals surface area contributed by atoms with Crippen LogP contribution in [0, 0.1) is 5.92 Å². The Bertz CT molecular complexity index is 407. The van der Waals surface area contributed by atoms with E-state index < -0.39 is 0 Å². The molecule has 2 rings (SSSR count). The number of rotatable bonds is 2. The third-order valence-corrected chi connectivity index (χ3v) is 4.21. The lowest BCUT2D eigenvalue weighted by Gasteiger charge is -2.17. The van der Waals surface area contributed by atoms with E-state index in [-0.39, 0.29) is 5.56 Å². The van der Waals surface area contributed by atoms with Gasteiger partial charge in [-0.25, -0.2) is 4.98 Å². The number of nitrogens with zero attached hydrogens (tertiary/aromatic N) is 2. The summed E-state index contributed by atoms with van der Waals surface area (Å²) in [4.78, 5) is 20.3. The molecule has 0 amide bonds. The first-order valence-corrected chi connectivity index (χ1v) is 6.68. The maximum Gasteiger partial charge on any atom is 0.267 e. The number of hydrogen-bond acceptors (Lipinski definition) is 3. The highest BCUT2D eigenvalue weighted by atomic mass is 79.9. The first kappa shape index (κ1) is 11.1. The first-order valence-electron chi connectivity index (χ1n) is 4.76. The van der Waals surface area contributed by atoms with Gasteiger partial charge in [-0.15, -0.1) is 0 Å². The van der Waals surface area contributed by atoms with Gasteiger partial charge >= 0.3 is 0 Å². The van der Waals surface area contributed by atoms with E-state index in [4.69, 9.17) is 0 Å². The molecule has 15 heavy (non-hydrogen) atoms. The molecule has 1 atom stereocenters. The van der Waals surface area contributed by atoms with Crippen LogP contribution in [0.25, 0.3) is 0 Å². The largest absolute Gasteiger partial charge is 0.355 e. The summed E-state index contributed by atoms with van der Waals surface area (Å²) in [5.74, 6) is 1.40. The summed E-state index contributed by atoms with van der Waals surface area (Å²) >= 11 is 6.75. The highest BCUT2D eigenvalue weighted by Gasteiger charge is 2.24. The Hall–Kier alpha value is -0.360. The third kappa shape index (κ3) is 2.25. The van der Waals surface area contributed by atoms with E-state index in [9.17, 15) is 4.79 Å². The molecule has 0 spiro atoms. The first-order chi connectivity index (χ1) is 7.22. The number of H-pyrrole nitrogens is 1. The normalized spacial score (nSPS) is 20.9. The molecule has 0 saturated carbocycles. The van der Waals surface area contributed by atoms with Crippen molar-refractivity contribution >= 4 is 37.7 Å². The highest BCUT2D eigenvalue weighted by Crippen LogP contribution is 2.26. The second-order valence-electron chi connectivity index (χ2n) is 3.62. The Morgan fingerprint density at radius 1 is 1.67 bits per heavy atom. The molecule has 0 aromatic carbocycles. The van der Waals surface area contributed by atoms with E-state index in [1.807, 2.05) is 0 Å². The molecule has 1 saturated heterocycles. The fourth-order valence-electron chi connectivity index (χ4n) is 1.75. The van der Waals surface area contributed by atoms with E-state index in [1.54, 1.807) is 0 Å². The molecule has 0 radical (unpaired) electrons. The maximum atomic E-state index is 11.4. The second-order valence-corrected chi connectivity index (χ2v) is 5.06. The Kier molecular flexibility index (Phi) is 3.45. The summed E-state index contributed by atoms with van der Waals surface area (Å²) in [6, 6.07) is 0. The van der Waals surface area contributed by atoms with Crippen LogP contribution in [0.5, 0.6) is 0 Å². The average molecular weight is 337 g/mol. The predicted octanol–water partition coefficient (Wildman–Crippen LogP) is 1.75. The van der Waals surface area contributed by atoms with Crippen molar-refractivity contribution in [3.05, 3.63) is 21.2 Å². The molecule has 1 N–H and O–H groups in total. The quantitative estimate of drug-likeness (QED) is 0.837. The van der Waals surface area contributed by atoms with Crippen LogP contribution in [0.4, 0.5) is 5.82 Å². The van der Waals surface area contributed by atoms with E-state index in [1.165, 1.54) is 6.33 Å². The summed E-state index contributed by atoms with van der Waals surface area (Å²) in [7, 11) is 0. The molecule has 1 unspecified atom stereocenters. The molecule has 1 aliphatic heterocycles. The highest BCUT2D eigenvalue weighted by molar-refractivity contribution is 9.10. The summed E-state index contributed by atoms with van der Waals surface area (Å²) in [6.45, 7) is 1.92. The second kappa shape index (κ2) is 4.65. The van der Waals surface area contributed by atoms with Gasteiger partial charge in [0.05, 0.1) is 6.33 Å². The minimum Gasteiger partial charge on any atom is -0.355 e. The Balaban J connectivity index is 2.24. The van der Waals surface area contributed by atoms with Crippen LogP contribution >= 0.6 is 31.9 Å². The van der Waals surface area contributed by atoms with Crippen LogP contribution in [-0.2, 0) is 0 Å². The Labute approximate surface area is 104 Å². The van der Waals surface area contributed by atoms with Crippen LogP contribution in [0.3, 0.4) is 0 Å². The number of alkyl halides is 1. The zero-order valence-corrected chi connectivity index (χ0v) is 11.2. The van der Waals surface area contributed by atoms with Crippen molar-refractivity contribution in [1.29, 1.82) is 0 Å². The topological polar surface area (TPSA) is 49.0 Å². The molecule has 0 bridgehead atoms. The molecule has 82 valence electrons. The Morgan fingerprint density at radius 2 is 2.47 bits per heavy atom. The summed E-state index contributed by atoms with van der Waals surface area (Å²) in [6.07, 6.45) is 2.59. The van der Waals surface area contributed by atoms with Crippen molar-refractivity contribution in [2.75, 3.05) is 23.3 Å². The summed E-state index contributed by atoms with van der Waals surface area (Å²) in [5.41, 5.74) is -0.123. The number of hydrogen-bond donors (Lipinski definition) is 1. The minimum absolute atomic E-state index is 0.123. The summed E-state index contributed by atoms with van der Waals surface area (Å²) < 4.78 is 0.528. The van der Waals surface area contributed by atoms with Crippen LogP contribution in [0.15, 0.2) is 15.6 Å². The lowest BCUT2D eigenvalue weighted by Crippen LogP contribution is -2.24. The molecule has 6 heteroatoms. The number of anilines is 1. The number of aromatic amines is 1. The number of halogens is 2. The van der Waals surface area contributed by atoms with E-state index in [0.717, 1.165) is 30.7 Å². The van der Waals surface area contributed by atoms with Crippen molar-refractivity contribution in [2.45, 2.75) is 6.42 Å². The molecule has 1 fully saturated rings. The third-order valence-electron chi connectivity index (χ3n) is 2.58. The van der Waals surface area contributed by atoms with Crippen LogP contribution in [-0.4, -0.2) is 28.4 Å². The van der Waals surface area contributed by atoms with Crippen LogP contribution in [0.1, 0.15) is 6.42 Å². The van der Waals surface area contributed by atoms with Gasteiger partial charge < -0.3 is 9.88 Å². The van der Waals surface area contributed by atoms with Crippen molar-refractivity contribution < 1.29 is 0 Å². The molecule has 1 aliphatic rings. The Morgan fingerprint density at radius 3 is 3.13 bits per heavy atom. The SMILES string of the molecule is O=c1[nH]cnc(N2CCC(CBr)C2)c1Br. The fourth-order valence-corrected chi connectivity index (χ4v) is 2.74. The predicted molar refractivity (Wildman–Crippen MR) is 66.7 cm³/mol. The van der Waals surface area contributed by atoms with Gasteiger partial charge in [0.25, 0.3) is 5.56 Å². The van der Waals surface area contributed by atoms with E-state index in [2.05, 4.69) is 46.7 Å². The minimum atomic E-state index is -0.123. The summed E-state index contributed by atoms with van der Waals surface area (Å²) in [5, 5.41) is 1.00. The molecule has 4 nitrogen and oxygen atoms in total. The van der Waals surface area contributed by atoms with Gasteiger partial charge in [-0.05, 0) is 28.3 Å². The van der Waals surface area contributed by atoms with Crippen LogP contribution < -0.4 is 10.5 Å². The molecular formula is C9H11Br2N3O. The molecule has 0 aliphatic carbocycles. The molecule has 1 aromatic rings. The molecule has 2 heterocycles. The van der Waals surface area contributed by atoms with Crippen molar-refractivity contribution in [1.82, 2.24) is 9.97 Å². The average Bonchev–Trinajstić information content (AvgIpc) is 2.70. The monoisotopic (exact) mass is 335 g/mol. The number of nitrogens with one attached hydrogen (secondary N) is 1. The van der Waals surface area contributed by atoms with Gasteiger partial charge in [0.2, 0.25) is 0 Å². The number of aromatic nitrogens is 2. The van der Waals surface area contributed by atoms with Gasteiger partial charge in [0.1, 0.15) is 10.3 Å². The van der Waals surface area contributed by atoms with Gasteiger partial charge in [-0.3, -0.25) is 4.79 Å². The van der Waals surface area contributed by atoms with Crippen LogP contribution in [0.2, 0.25) is 0 Å². The molecule has 1 aromatic heterocycles. The zero-order valence-electron chi connectivity index (χ0n) is 8.04. The lowest BCUT2D eigenvalue weighted by molar-refractivity contribution is 0.675. The van der Waals surface area contributed by atoms with Crippen molar-refractivity contribution in [3.8, 4) is 0 Å². The smallest absolute Gasteiger partial charge is 0.267 e. The van der Waals surface area contributed by atoms with Gasteiger partial charge in [-0.1, -0.05) is 15.9 Å².